The second kappa shape index (κ2) is 8.70. The Balaban J connectivity index is 1.87. The lowest BCUT2D eigenvalue weighted by Crippen LogP contribution is -2.47. The molecule has 0 aliphatic heterocycles. The van der Waals surface area contributed by atoms with Crippen molar-refractivity contribution in [2.45, 2.75) is 26.3 Å². The number of hydrogen-bond donors (Lipinski definition) is 2. The van der Waals surface area contributed by atoms with Gasteiger partial charge in [0.15, 0.2) is 11.6 Å². The third-order valence-corrected chi connectivity index (χ3v) is 4.86. The zero-order valence-electron chi connectivity index (χ0n) is 16.7. The Morgan fingerprint density at radius 1 is 0.967 bits per heavy atom. The summed E-state index contributed by atoms with van der Waals surface area (Å²) in [5.74, 6) is -1.44. The van der Waals surface area contributed by atoms with Crippen molar-refractivity contribution in [3.8, 4) is 6.07 Å². The van der Waals surface area contributed by atoms with Crippen LogP contribution in [0, 0.1) is 17.2 Å². The highest BCUT2D eigenvalue weighted by molar-refractivity contribution is 6.28. The van der Waals surface area contributed by atoms with Crippen molar-refractivity contribution in [3.63, 3.8) is 0 Å². The van der Waals surface area contributed by atoms with E-state index in [2.05, 4.69) is 10.6 Å². The molecule has 2 aromatic carbocycles. The van der Waals surface area contributed by atoms with E-state index in [1.807, 2.05) is 19.9 Å². The average Bonchev–Trinajstić information content (AvgIpc) is 2.74. The van der Waals surface area contributed by atoms with Crippen molar-refractivity contribution in [2.24, 2.45) is 5.92 Å². The maximum absolute atomic E-state index is 12.8. The van der Waals surface area contributed by atoms with Gasteiger partial charge in [-0.2, -0.15) is 5.26 Å². The first-order chi connectivity index (χ1) is 14.3. The van der Waals surface area contributed by atoms with Crippen molar-refractivity contribution in [3.05, 3.63) is 70.3 Å². The summed E-state index contributed by atoms with van der Waals surface area (Å²) >= 11 is 0. The first-order valence-corrected chi connectivity index (χ1v) is 9.61. The predicted octanol–water partition coefficient (Wildman–Crippen LogP) is 2.25. The molecule has 152 valence electrons. The van der Waals surface area contributed by atoms with E-state index in [1.165, 1.54) is 18.2 Å². The molecule has 2 aromatic rings. The van der Waals surface area contributed by atoms with Gasteiger partial charge in [0.2, 0.25) is 5.91 Å². The lowest BCUT2D eigenvalue weighted by molar-refractivity contribution is -0.123. The molecule has 0 fully saturated rings. The van der Waals surface area contributed by atoms with E-state index in [1.54, 1.807) is 24.3 Å². The number of fused-ring (bicyclic) bond motifs is 2. The van der Waals surface area contributed by atoms with Crippen LogP contribution in [0.4, 0.5) is 0 Å². The number of hydrogen-bond acceptors (Lipinski definition) is 5. The molecule has 0 saturated carbocycles. The van der Waals surface area contributed by atoms with Crippen molar-refractivity contribution >= 4 is 23.4 Å². The van der Waals surface area contributed by atoms with Gasteiger partial charge in [0.05, 0.1) is 6.07 Å². The molecule has 2 amide bonds. The van der Waals surface area contributed by atoms with E-state index in [9.17, 15) is 19.2 Å². The monoisotopic (exact) mass is 403 g/mol. The molecule has 0 spiro atoms. The summed E-state index contributed by atoms with van der Waals surface area (Å²) in [4.78, 5) is 50.6. The minimum absolute atomic E-state index is 0.127. The Morgan fingerprint density at radius 3 is 2.17 bits per heavy atom. The molecule has 30 heavy (non-hydrogen) atoms. The largest absolute Gasteiger partial charge is 0.341 e. The van der Waals surface area contributed by atoms with Gasteiger partial charge in [0, 0.05) is 27.8 Å². The molecular weight excluding hydrogens is 382 g/mol. The fraction of sp³-hybridized carbons (Fsp3) is 0.261. The zero-order valence-corrected chi connectivity index (χ0v) is 16.7. The van der Waals surface area contributed by atoms with E-state index in [-0.39, 0.29) is 40.7 Å². The SMILES string of the molecule is CC(C)C[C@H](NC(=O)c1ccc2c(c1)C(=O)c1ccccc1C2=O)C(=O)NCC#N. The van der Waals surface area contributed by atoms with Gasteiger partial charge in [-0.25, -0.2) is 0 Å². The molecule has 0 heterocycles. The number of rotatable bonds is 6. The van der Waals surface area contributed by atoms with E-state index in [0.717, 1.165) is 0 Å². The van der Waals surface area contributed by atoms with Crippen LogP contribution in [0.25, 0.3) is 0 Å². The van der Waals surface area contributed by atoms with Crippen LogP contribution in [-0.2, 0) is 4.79 Å². The van der Waals surface area contributed by atoms with E-state index < -0.39 is 17.9 Å². The Kier molecular flexibility index (Phi) is 6.07. The van der Waals surface area contributed by atoms with Gasteiger partial charge >= 0.3 is 0 Å². The molecule has 1 atom stereocenters. The Morgan fingerprint density at radius 2 is 1.57 bits per heavy atom. The standard InChI is InChI=1S/C23H21N3O4/c1-13(2)11-19(23(30)25-10-9-24)26-22(29)14-7-8-17-18(12-14)21(28)16-6-4-3-5-15(16)20(17)27/h3-8,12-13,19H,10-11H2,1-2H3,(H,25,30)(H,26,29)/t19-/m0/s1. The number of nitriles is 1. The summed E-state index contributed by atoms with van der Waals surface area (Å²) < 4.78 is 0. The molecule has 3 rings (SSSR count). The molecule has 0 unspecified atom stereocenters. The topological polar surface area (TPSA) is 116 Å². The Bertz CT molecular complexity index is 1080. The fourth-order valence-electron chi connectivity index (χ4n) is 3.43. The molecule has 1 aliphatic carbocycles. The fourth-order valence-corrected chi connectivity index (χ4v) is 3.43. The highest BCUT2D eigenvalue weighted by atomic mass is 16.2. The Labute approximate surface area is 174 Å². The van der Waals surface area contributed by atoms with Crippen LogP contribution >= 0.6 is 0 Å². The second-order valence-electron chi connectivity index (χ2n) is 7.50. The molecule has 0 radical (unpaired) electrons. The smallest absolute Gasteiger partial charge is 0.251 e. The van der Waals surface area contributed by atoms with Crippen molar-refractivity contribution < 1.29 is 19.2 Å². The van der Waals surface area contributed by atoms with Crippen LogP contribution in [0.3, 0.4) is 0 Å². The molecule has 0 saturated heterocycles. The first kappa shape index (κ1) is 20.9. The molecule has 2 N–H and O–H groups in total. The minimum atomic E-state index is -0.819. The quantitative estimate of drug-likeness (QED) is 0.613. The minimum Gasteiger partial charge on any atom is -0.341 e. The maximum Gasteiger partial charge on any atom is 0.251 e. The van der Waals surface area contributed by atoms with E-state index in [4.69, 9.17) is 5.26 Å². The van der Waals surface area contributed by atoms with E-state index in [0.29, 0.717) is 17.5 Å². The molecular formula is C23H21N3O4. The number of carbonyl (C=O) groups excluding carboxylic acids is 4. The number of nitrogens with one attached hydrogen (secondary N) is 2. The lowest BCUT2D eigenvalue weighted by atomic mass is 9.83. The normalized spacial score (nSPS) is 13.1. The van der Waals surface area contributed by atoms with Gasteiger partial charge in [0.1, 0.15) is 12.6 Å². The van der Waals surface area contributed by atoms with Gasteiger partial charge in [0.25, 0.3) is 5.91 Å². The van der Waals surface area contributed by atoms with Gasteiger partial charge in [-0.05, 0) is 30.5 Å². The van der Waals surface area contributed by atoms with Gasteiger partial charge < -0.3 is 10.6 Å². The highest BCUT2D eigenvalue weighted by Gasteiger charge is 2.30. The van der Waals surface area contributed by atoms with Crippen molar-refractivity contribution in [1.82, 2.24) is 10.6 Å². The predicted molar refractivity (Wildman–Crippen MR) is 109 cm³/mol. The third kappa shape index (κ3) is 4.13. The molecule has 7 nitrogen and oxygen atoms in total. The van der Waals surface area contributed by atoms with Crippen molar-refractivity contribution in [1.29, 1.82) is 5.26 Å². The number of benzene rings is 2. The van der Waals surface area contributed by atoms with Crippen LogP contribution in [0.2, 0.25) is 0 Å². The van der Waals surface area contributed by atoms with Gasteiger partial charge in [-0.3, -0.25) is 19.2 Å². The molecule has 0 bridgehead atoms. The van der Waals surface area contributed by atoms with Gasteiger partial charge in [-0.1, -0.05) is 38.1 Å². The summed E-state index contributed by atoms with van der Waals surface area (Å²) in [5, 5.41) is 13.8. The summed E-state index contributed by atoms with van der Waals surface area (Å²) in [6.07, 6.45) is 0.388. The van der Waals surface area contributed by atoms with Crippen LogP contribution in [0.5, 0.6) is 0 Å². The molecule has 0 aromatic heterocycles. The van der Waals surface area contributed by atoms with E-state index >= 15 is 0 Å². The average molecular weight is 403 g/mol. The number of carbonyl (C=O) groups is 4. The maximum atomic E-state index is 12.8. The second-order valence-corrected chi connectivity index (χ2v) is 7.50. The van der Waals surface area contributed by atoms with Crippen LogP contribution < -0.4 is 10.6 Å². The zero-order chi connectivity index (χ0) is 21.8. The van der Waals surface area contributed by atoms with Crippen LogP contribution in [-0.4, -0.2) is 36.0 Å². The number of nitrogens with zero attached hydrogens (tertiary/aromatic N) is 1. The summed E-state index contributed by atoms with van der Waals surface area (Å²) in [5.41, 5.74) is 1.25. The molecule has 1 aliphatic rings. The Hall–Kier alpha value is -3.79. The highest BCUT2D eigenvalue weighted by Crippen LogP contribution is 2.27. The number of amides is 2. The number of ketones is 2. The molecule has 7 heteroatoms. The lowest BCUT2D eigenvalue weighted by Gasteiger charge is -2.21. The summed E-state index contributed by atoms with van der Waals surface area (Å²) in [6, 6.07) is 11.9. The van der Waals surface area contributed by atoms with Gasteiger partial charge in [-0.15, -0.1) is 0 Å². The summed E-state index contributed by atoms with van der Waals surface area (Å²) in [7, 11) is 0. The van der Waals surface area contributed by atoms with Crippen LogP contribution in [0.1, 0.15) is 62.5 Å². The first-order valence-electron chi connectivity index (χ1n) is 9.61. The van der Waals surface area contributed by atoms with Crippen molar-refractivity contribution in [2.75, 3.05) is 6.54 Å². The van der Waals surface area contributed by atoms with Crippen LogP contribution in [0.15, 0.2) is 42.5 Å². The third-order valence-electron chi connectivity index (χ3n) is 4.86. The summed E-state index contributed by atoms with van der Waals surface area (Å²) in [6.45, 7) is 3.67.